The molecule has 0 aromatic carbocycles. The van der Waals surface area contributed by atoms with Crippen LogP contribution in [0.25, 0.3) is 0 Å². The Balaban J connectivity index is 2.25. The molecule has 1 heterocycles. The van der Waals surface area contributed by atoms with Crippen LogP contribution in [0.4, 0.5) is 0 Å². The largest absolute Gasteiger partial charge is 0.244 e. The Kier molecular flexibility index (Phi) is 4.84. The van der Waals surface area contributed by atoms with Crippen LogP contribution < -0.4 is 0 Å². The molecule has 1 radical (unpaired) electrons. The third-order valence-corrected chi connectivity index (χ3v) is 2.23. The van der Waals surface area contributed by atoms with Crippen molar-refractivity contribution in [2.45, 2.75) is 32.1 Å². The Morgan fingerprint density at radius 2 is 2.08 bits per heavy atom. The van der Waals surface area contributed by atoms with Crippen LogP contribution in [0.5, 0.6) is 0 Å². The number of unbranched alkanes of at least 4 members (excludes halogenated alkanes) is 3. The minimum absolute atomic E-state index is 0.571. The SMILES string of the molecule is [CH2]CCCCCc1ccc(Cl)nc1. The molecule has 1 nitrogen and oxygen atoms in total. The molecule has 0 bridgehead atoms. The van der Waals surface area contributed by atoms with Crippen molar-refractivity contribution in [3.8, 4) is 0 Å². The van der Waals surface area contributed by atoms with Crippen molar-refractivity contribution in [1.82, 2.24) is 4.98 Å². The van der Waals surface area contributed by atoms with E-state index in [4.69, 9.17) is 11.6 Å². The summed E-state index contributed by atoms with van der Waals surface area (Å²) in [5.74, 6) is 0. The third-order valence-electron chi connectivity index (χ3n) is 2.00. The van der Waals surface area contributed by atoms with Crippen LogP contribution in [0.3, 0.4) is 0 Å². The Bertz CT molecular complexity index is 230. The highest BCUT2D eigenvalue weighted by Gasteiger charge is 1.94. The van der Waals surface area contributed by atoms with Crippen LogP contribution in [0.15, 0.2) is 18.3 Å². The summed E-state index contributed by atoms with van der Waals surface area (Å²) in [6.07, 6.45) is 7.70. The molecule has 2 heteroatoms. The standard InChI is InChI=1S/C11H15ClN/c1-2-3-4-5-6-10-7-8-11(12)13-9-10/h7-9H,1-6H2. The fraction of sp³-hybridized carbons (Fsp3) is 0.455. The van der Waals surface area contributed by atoms with Gasteiger partial charge in [-0.1, -0.05) is 43.9 Å². The summed E-state index contributed by atoms with van der Waals surface area (Å²) in [6.45, 7) is 3.81. The fourth-order valence-corrected chi connectivity index (χ4v) is 1.35. The molecular formula is C11H15ClN. The van der Waals surface area contributed by atoms with Crippen LogP contribution >= 0.6 is 11.6 Å². The van der Waals surface area contributed by atoms with Gasteiger partial charge < -0.3 is 0 Å². The molecule has 0 aliphatic heterocycles. The lowest BCUT2D eigenvalue weighted by Gasteiger charge is -1.99. The number of hydrogen-bond acceptors (Lipinski definition) is 1. The van der Waals surface area contributed by atoms with E-state index in [0.29, 0.717) is 5.15 Å². The lowest BCUT2D eigenvalue weighted by atomic mass is 10.1. The van der Waals surface area contributed by atoms with Gasteiger partial charge in [0, 0.05) is 6.20 Å². The van der Waals surface area contributed by atoms with E-state index in [1.165, 1.54) is 24.8 Å². The van der Waals surface area contributed by atoms with Crippen LogP contribution in [0.1, 0.15) is 31.2 Å². The van der Waals surface area contributed by atoms with Gasteiger partial charge in [0.15, 0.2) is 0 Å². The van der Waals surface area contributed by atoms with Crippen molar-refractivity contribution in [1.29, 1.82) is 0 Å². The molecule has 0 saturated carbocycles. The molecule has 0 unspecified atom stereocenters. The molecule has 0 spiro atoms. The smallest absolute Gasteiger partial charge is 0.129 e. The summed E-state index contributed by atoms with van der Waals surface area (Å²) in [7, 11) is 0. The molecule has 71 valence electrons. The van der Waals surface area contributed by atoms with Crippen molar-refractivity contribution in [2.24, 2.45) is 0 Å². The number of hydrogen-bond donors (Lipinski definition) is 0. The van der Waals surface area contributed by atoms with E-state index in [1.807, 2.05) is 18.3 Å². The predicted molar refractivity (Wildman–Crippen MR) is 56.8 cm³/mol. The number of halogens is 1. The molecule has 0 N–H and O–H groups in total. The van der Waals surface area contributed by atoms with Crippen molar-refractivity contribution < 1.29 is 0 Å². The molecule has 0 atom stereocenters. The molecule has 0 fully saturated rings. The van der Waals surface area contributed by atoms with Crippen molar-refractivity contribution >= 4 is 11.6 Å². The summed E-state index contributed by atoms with van der Waals surface area (Å²) in [6, 6.07) is 3.89. The molecule has 0 aliphatic carbocycles. The predicted octanol–water partition coefficient (Wildman–Crippen LogP) is 3.67. The average molecular weight is 197 g/mol. The first-order valence-electron chi connectivity index (χ1n) is 4.72. The Hall–Kier alpha value is -0.560. The van der Waals surface area contributed by atoms with Crippen molar-refractivity contribution in [2.75, 3.05) is 0 Å². The number of pyridine rings is 1. The highest BCUT2D eigenvalue weighted by atomic mass is 35.5. The average Bonchev–Trinajstić information content (AvgIpc) is 2.15. The van der Waals surface area contributed by atoms with Gasteiger partial charge in [0.25, 0.3) is 0 Å². The Labute approximate surface area is 85.1 Å². The summed E-state index contributed by atoms with van der Waals surface area (Å²) in [5, 5.41) is 0.571. The van der Waals surface area contributed by atoms with Gasteiger partial charge in [0.1, 0.15) is 5.15 Å². The lowest BCUT2D eigenvalue weighted by molar-refractivity contribution is 0.685. The maximum absolute atomic E-state index is 5.68. The highest BCUT2D eigenvalue weighted by Crippen LogP contribution is 2.09. The molecule has 0 aliphatic rings. The molecule has 0 amide bonds. The van der Waals surface area contributed by atoms with E-state index in [0.717, 1.165) is 12.8 Å². The molecule has 1 aromatic rings. The second-order valence-electron chi connectivity index (χ2n) is 3.15. The number of aryl methyl sites for hydroxylation is 1. The zero-order chi connectivity index (χ0) is 9.52. The van der Waals surface area contributed by atoms with E-state index >= 15 is 0 Å². The Morgan fingerprint density at radius 1 is 1.23 bits per heavy atom. The number of aromatic nitrogens is 1. The number of rotatable bonds is 5. The van der Waals surface area contributed by atoms with Gasteiger partial charge in [-0.25, -0.2) is 4.98 Å². The van der Waals surface area contributed by atoms with E-state index < -0.39 is 0 Å². The fourth-order valence-electron chi connectivity index (χ4n) is 1.24. The zero-order valence-electron chi connectivity index (χ0n) is 7.80. The van der Waals surface area contributed by atoms with Gasteiger partial charge >= 0.3 is 0 Å². The first-order valence-corrected chi connectivity index (χ1v) is 5.10. The third kappa shape index (κ3) is 4.28. The van der Waals surface area contributed by atoms with Gasteiger partial charge in [-0.3, -0.25) is 0 Å². The highest BCUT2D eigenvalue weighted by molar-refractivity contribution is 6.29. The van der Waals surface area contributed by atoms with Crippen molar-refractivity contribution in [3.05, 3.63) is 36.0 Å². The van der Waals surface area contributed by atoms with E-state index in [-0.39, 0.29) is 0 Å². The van der Waals surface area contributed by atoms with Gasteiger partial charge in [-0.15, -0.1) is 0 Å². The molecule has 0 saturated heterocycles. The van der Waals surface area contributed by atoms with E-state index in [2.05, 4.69) is 11.9 Å². The molecule has 13 heavy (non-hydrogen) atoms. The van der Waals surface area contributed by atoms with Crippen LogP contribution in [-0.2, 0) is 6.42 Å². The van der Waals surface area contributed by atoms with Gasteiger partial charge in [0.05, 0.1) is 0 Å². The van der Waals surface area contributed by atoms with Crippen LogP contribution in [0.2, 0.25) is 5.15 Å². The van der Waals surface area contributed by atoms with E-state index in [9.17, 15) is 0 Å². The topological polar surface area (TPSA) is 12.9 Å². The second-order valence-corrected chi connectivity index (χ2v) is 3.54. The Morgan fingerprint density at radius 3 is 2.69 bits per heavy atom. The molecular weight excluding hydrogens is 182 g/mol. The van der Waals surface area contributed by atoms with Gasteiger partial charge in [-0.05, 0) is 24.5 Å². The summed E-state index contributed by atoms with van der Waals surface area (Å²) in [5.41, 5.74) is 1.27. The second kappa shape index (κ2) is 5.98. The van der Waals surface area contributed by atoms with Crippen LogP contribution in [0, 0.1) is 6.92 Å². The quantitative estimate of drug-likeness (QED) is 0.517. The maximum Gasteiger partial charge on any atom is 0.129 e. The first kappa shape index (κ1) is 10.5. The summed E-state index contributed by atoms with van der Waals surface area (Å²) < 4.78 is 0. The minimum atomic E-state index is 0.571. The number of nitrogens with zero attached hydrogens (tertiary/aromatic N) is 1. The first-order chi connectivity index (χ1) is 6.33. The monoisotopic (exact) mass is 196 g/mol. The van der Waals surface area contributed by atoms with Crippen molar-refractivity contribution in [3.63, 3.8) is 0 Å². The molecule has 1 rings (SSSR count). The minimum Gasteiger partial charge on any atom is -0.244 e. The zero-order valence-corrected chi connectivity index (χ0v) is 8.56. The van der Waals surface area contributed by atoms with E-state index in [1.54, 1.807) is 0 Å². The molecule has 1 aromatic heterocycles. The summed E-state index contributed by atoms with van der Waals surface area (Å²) >= 11 is 5.68. The van der Waals surface area contributed by atoms with Gasteiger partial charge in [-0.2, -0.15) is 0 Å². The van der Waals surface area contributed by atoms with Gasteiger partial charge in [0.2, 0.25) is 0 Å². The summed E-state index contributed by atoms with van der Waals surface area (Å²) in [4.78, 5) is 4.03. The normalized spacial score (nSPS) is 10.3. The maximum atomic E-state index is 5.68. The lowest BCUT2D eigenvalue weighted by Crippen LogP contribution is -1.87. The van der Waals surface area contributed by atoms with Crippen LogP contribution in [-0.4, -0.2) is 4.98 Å².